The second-order valence-electron chi connectivity index (χ2n) is 4.11. The van der Waals surface area contributed by atoms with E-state index in [1.807, 2.05) is 0 Å². The molecule has 0 unspecified atom stereocenters. The summed E-state index contributed by atoms with van der Waals surface area (Å²) in [6, 6.07) is 0. The van der Waals surface area contributed by atoms with Crippen LogP contribution in [0.15, 0.2) is 0 Å². The van der Waals surface area contributed by atoms with Crippen LogP contribution >= 0.6 is 11.3 Å². The van der Waals surface area contributed by atoms with Crippen molar-refractivity contribution in [1.82, 2.24) is 15.1 Å². The zero-order chi connectivity index (χ0) is 13.4. The number of likely N-dealkylation sites (N-methyl/N-ethyl adjacent to an activating group) is 1. The van der Waals surface area contributed by atoms with E-state index in [4.69, 9.17) is 5.11 Å². The molecule has 0 spiro atoms. The van der Waals surface area contributed by atoms with Crippen LogP contribution in [0, 0.1) is 0 Å². The van der Waals surface area contributed by atoms with Crippen LogP contribution in [-0.4, -0.2) is 52.9 Å². The molecule has 0 saturated carbocycles. The molecule has 0 atom stereocenters. The highest BCUT2D eigenvalue weighted by Gasteiger charge is 2.09. The lowest BCUT2D eigenvalue weighted by Crippen LogP contribution is -2.32. The lowest BCUT2D eigenvalue weighted by atomic mass is 10.3. The molecule has 0 aliphatic rings. The van der Waals surface area contributed by atoms with Crippen molar-refractivity contribution in [3.8, 4) is 0 Å². The lowest BCUT2D eigenvalue weighted by molar-refractivity contribution is -0.117. The first-order chi connectivity index (χ1) is 8.65. The van der Waals surface area contributed by atoms with Crippen LogP contribution in [0.4, 0.5) is 5.13 Å². The fourth-order valence-electron chi connectivity index (χ4n) is 1.39. The van der Waals surface area contributed by atoms with E-state index in [1.54, 1.807) is 11.9 Å². The Morgan fingerprint density at radius 3 is 2.94 bits per heavy atom. The van der Waals surface area contributed by atoms with Crippen LogP contribution in [0.1, 0.15) is 24.8 Å². The van der Waals surface area contributed by atoms with E-state index in [0.717, 1.165) is 24.3 Å². The van der Waals surface area contributed by atoms with Gasteiger partial charge in [-0.05, 0) is 13.5 Å². The smallest absolute Gasteiger partial charge is 0.240 e. The summed E-state index contributed by atoms with van der Waals surface area (Å²) in [5.41, 5.74) is 0. The normalized spacial score (nSPS) is 10.9. The number of anilines is 1. The van der Waals surface area contributed by atoms with Crippen molar-refractivity contribution in [3.63, 3.8) is 0 Å². The zero-order valence-electron chi connectivity index (χ0n) is 10.8. The average molecular weight is 272 g/mol. The third-order valence-electron chi connectivity index (χ3n) is 2.35. The van der Waals surface area contributed by atoms with Crippen molar-refractivity contribution in [2.24, 2.45) is 0 Å². The van der Waals surface area contributed by atoms with Gasteiger partial charge in [-0.3, -0.25) is 15.0 Å². The van der Waals surface area contributed by atoms with Gasteiger partial charge in [0.05, 0.1) is 13.2 Å². The number of carbonyl (C=O) groups excluding carboxylic acids is 1. The van der Waals surface area contributed by atoms with E-state index < -0.39 is 0 Å². The van der Waals surface area contributed by atoms with Crippen molar-refractivity contribution in [1.29, 1.82) is 0 Å². The Morgan fingerprint density at radius 2 is 2.28 bits per heavy atom. The molecule has 6 nitrogen and oxygen atoms in total. The zero-order valence-corrected chi connectivity index (χ0v) is 11.7. The van der Waals surface area contributed by atoms with Crippen molar-refractivity contribution in [2.45, 2.75) is 26.2 Å². The van der Waals surface area contributed by atoms with Crippen molar-refractivity contribution >= 4 is 22.4 Å². The Bertz CT molecular complexity index is 370. The second-order valence-corrected chi connectivity index (χ2v) is 5.18. The van der Waals surface area contributed by atoms with E-state index in [-0.39, 0.29) is 19.1 Å². The number of hydrogen-bond acceptors (Lipinski definition) is 6. The molecule has 18 heavy (non-hydrogen) atoms. The molecule has 0 radical (unpaired) electrons. The molecule has 1 aromatic rings. The van der Waals surface area contributed by atoms with Crippen molar-refractivity contribution in [2.75, 3.05) is 32.1 Å². The molecule has 0 fully saturated rings. The molecule has 1 aromatic heterocycles. The van der Waals surface area contributed by atoms with Crippen LogP contribution in [0.2, 0.25) is 0 Å². The minimum Gasteiger partial charge on any atom is -0.395 e. The van der Waals surface area contributed by atoms with Crippen LogP contribution < -0.4 is 5.32 Å². The monoisotopic (exact) mass is 272 g/mol. The maximum absolute atomic E-state index is 11.6. The summed E-state index contributed by atoms with van der Waals surface area (Å²) in [6.07, 6.45) is 3.11. The fourth-order valence-corrected chi connectivity index (χ4v) is 2.18. The van der Waals surface area contributed by atoms with Gasteiger partial charge in [0.25, 0.3) is 0 Å². The minimum atomic E-state index is -0.135. The summed E-state index contributed by atoms with van der Waals surface area (Å²) in [5, 5.41) is 20.9. The Labute approximate surface area is 111 Å². The van der Waals surface area contributed by atoms with Gasteiger partial charge in [-0.25, -0.2) is 0 Å². The van der Waals surface area contributed by atoms with E-state index in [2.05, 4.69) is 22.4 Å². The Morgan fingerprint density at radius 1 is 1.50 bits per heavy atom. The number of carbonyl (C=O) groups is 1. The summed E-state index contributed by atoms with van der Waals surface area (Å²) in [4.78, 5) is 13.4. The van der Waals surface area contributed by atoms with Crippen LogP contribution in [0.5, 0.6) is 0 Å². The molecular formula is C11H20N4O2S. The van der Waals surface area contributed by atoms with Gasteiger partial charge in [-0.2, -0.15) is 0 Å². The number of rotatable bonds is 8. The summed E-state index contributed by atoms with van der Waals surface area (Å²) in [7, 11) is 1.78. The van der Waals surface area contributed by atoms with Gasteiger partial charge in [0.2, 0.25) is 11.0 Å². The number of unbranched alkanes of at least 4 members (excludes halogenated alkanes) is 1. The summed E-state index contributed by atoms with van der Waals surface area (Å²) < 4.78 is 0. The SMILES string of the molecule is CCCCc1nnc(NC(=O)CN(C)CCO)s1. The number of nitrogens with one attached hydrogen (secondary N) is 1. The second kappa shape index (κ2) is 8.12. The van der Waals surface area contributed by atoms with E-state index >= 15 is 0 Å². The maximum Gasteiger partial charge on any atom is 0.240 e. The van der Waals surface area contributed by atoms with Gasteiger partial charge >= 0.3 is 0 Å². The van der Waals surface area contributed by atoms with Crippen molar-refractivity contribution < 1.29 is 9.90 Å². The Balaban J connectivity index is 2.37. The lowest BCUT2D eigenvalue weighted by Gasteiger charge is -2.13. The first kappa shape index (κ1) is 15.0. The predicted octanol–water partition coefficient (Wildman–Crippen LogP) is 0.743. The van der Waals surface area contributed by atoms with Gasteiger partial charge in [0.1, 0.15) is 5.01 Å². The first-order valence-corrected chi connectivity index (χ1v) is 6.89. The molecule has 0 saturated heterocycles. The average Bonchev–Trinajstić information content (AvgIpc) is 2.74. The first-order valence-electron chi connectivity index (χ1n) is 6.07. The molecular weight excluding hydrogens is 252 g/mol. The van der Waals surface area contributed by atoms with Crippen LogP contribution in [0.3, 0.4) is 0 Å². The molecule has 1 rings (SSSR count). The highest BCUT2D eigenvalue weighted by Crippen LogP contribution is 2.16. The van der Waals surface area contributed by atoms with Gasteiger partial charge in [-0.15, -0.1) is 10.2 Å². The van der Waals surface area contributed by atoms with Gasteiger partial charge in [0, 0.05) is 13.0 Å². The predicted molar refractivity (Wildman–Crippen MR) is 71.7 cm³/mol. The largest absolute Gasteiger partial charge is 0.395 e. The molecule has 0 aliphatic heterocycles. The quantitative estimate of drug-likeness (QED) is 0.730. The number of hydrogen-bond donors (Lipinski definition) is 2. The summed E-state index contributed by atoms with van der Waals surface area (Å²) >= 11 is 1.42. The third kappa shape index (κ3) is 5.52. The van der Waals surface area contributed by atoms with Crippen LogP contribution in [-0.2, 0) is 11.2 Å². The minimum absolute atomic E-state index is 0.0454. The Kier molecular flexibility index (Phi) is 6.77. The number of aryl methyl sites for hydroxylation is 1. The highest BCUT2D eigenvalue weighted by atomic mass is 32.1. The van der Waals surface area contributed by atoms with Crippen LogP contribution in [0.25, 0.3) is 0 Å². The number of amides is 1. The van der Waals surface area contributed by atoms with E-state index in [9.17, 15) is 4.79 Å². The van der Waals surface area contributed by atoms with E-state index in [1.165, 1.54) is 11.3 Å². The van der Waals surface area contributed by atoms with Gasteiger partial charge < -0.3 is 5.11 Å². The molecule has 1 amide bonds. The number of nitrogens with zero attached hydrogens (tertiary/aromatic N) is 3. The molecule has 2 N–H and O–H groups in total. The van der Waals surface area contributed by atoms with Gasteiger partial charge in [0.15, 0.2) is 0 Å². The third-order valence-corrected chi connectivity index (χ3v) is 3.25. The Hall–Kier alpha value is -1.05. The molecule has 7 heteroatoms. The van der Waals surface area contributed by atoms with Gasteiger partial charge in [-0.1, -0.05) is 24.7 Å². The maximum atomic E-state index is 11.6. The topological polar surface area (TPSA) is 78.4 Å². The number of aliphatic hydroxyl groups excluding tert-OH is 1. The molecule has 0 aliphatic carbocycles. The summed E-state index contributed by atoms with van der Waals surface area (Å²) in [6.45, 7) is 2.89. The molecule has 1 heterocycles. The molecule has 0 bridgehead atoms. The standard InChI is InChI=1S/C11H20N4O2S/c1-3-4-5-10-13-14-11(18-10)12-9(17)8-15(2)6-7-16/h16H,3-8H2,1-2H3,(H,12,14,17). The van der Waals surface area contributed by atoms with E-state index in [0.29, 0.717) is 11.7 Å². The molecule has 0 aromatic carbocycles. The highest BCUT2D eigenvalue weighted by molar-refractivity contribution is 7.15. The summed E-state index contributed by atoms with van der Waals surface area (Å²) in [5.74, 6) is -0.135. The van der Waals surface area contributed by atoms with Crippen molar-refractivity contribution in [3.05, 3.63) is 5.01 Å². The number of aromatic nitrogens is 2. The molecule has 102 valence electrons. The number of aliphatic hydroxyl groups is 1. The fraction of sp³-hybridized carbons (Fsp3) is 0.727.